The number of hydrogen-bond donors (Lipinski definition) is 1. The van der Waals surface area contributed by atoms with Crippen molar-refractivity contribution in [3.63, 3.8) is 0 Å². The van der Waals surface area contributed by atoms with Crippen molar-refractivity contribution in [2.45, 2.75) is 91.1 Å². The van der Waals surface area contributed by atoms with Crippen molar-refractivity contribution in [3.05, 3.63) is 35.9 Å². The maximum atomic E-state index is 6.48. The fourth-order valence-corrected chi connectivity index (χ4v) is 3.16. The minimum Gasteiger partial charge on any atom is -0.373 e. The van der Waals surface area contributed by atoms with Gasteiger partial charge in [0, 0.05) is 14.1 Å². The third-order valence-corrected chi connectivity index (χ3v) is 6.88. The first kappa shape index (κ1) is 27.2. The second-order valence-electron chi connectivity index (χ2n) is 10.8. The molecule has 1 aromatic carbocycles. The van der Waals surface area contributed by atoms with Crippen LogP contribution in [0.1, 0.15) is 67.0 Å². The van der Waals surface area contributed by atoms with E-state index >= 15 is 0 Å². The molecule has 1 N–H and O–H groups in total. The van der Waals surface area contributed by atoms with Crippen molar-refractivity contribution >= 4 is 0 Å². The van der Waals surface area contributed by atoms with Crippen LogP contribution in [0.3, 0.4) is 0 Å². The van der Waals surface area contributed by atoms with Crippen molar-refractivity contribution in [3.8, 4) is 0 Å². The van der Waals surface area contributed by atoms with Crippen LogP contribution in [0, 0.1) is 11.8 Å². The van der Waals surface area contributed by atoms with Crippen molar-refractivity contribution in [2.24, 2.45) is 11.8 Å². The first-order chi connectivity index (χ1) is 14.8. The summed E-state index contributed by atoms with van der Waals surface area (Å²) in [5.74, 6) is 0.783. The Morgan fingerprint density at radius 1 is 0.844 bits per heavy atom. The molecule has 32 heavy (non-hydrogen) atoms. The molecule has 0 amide bonds. The standard InChI is InChI=1S/C26H46N2O4/c1-18(2)25(5,6)29-16-21-22(17-30-26(7,8)19(3)4)32-24(31-21)23(27-28(9)10)20-14-12-11-13-15-20/h11-15,18-19,21-24,27H,16-17H2,1-10H3/t21-,22-,23-/m0/s1. The topological polar surface area (TPSA) is 52.2 Å². The molecular weight excluding hydrogens is 404 g/mol. The third-order valence-electron chi connectivity index (χ3n) is 6.88. The van der Waals surface area contributed by atoms with E-state index in [2.05, 4.69) is 72.9 Å². The lowest BCUT2D eigenvalue weighted by Gasteiger charge is -2.33. The fraction of sp³-hybridized carbons (Fsp3) is 0.769. The quantitative estimate of drug-likeness (QED) is 0.462. The molecule has 1 fully saturated rings. The summed E-state index contributed by atoms with van der Waals surface area (Å²) in [5, 5.41) is 1.93. The van der Waals surface area contributed by atoms with E-state index in [4.69, 9.17) is 18.9 Å². The Bertz CT molecular complexity index is 644. The van der Waals surface area contributed by atoms with E-state index in [1.807, 2.05) is 37.3 Å². The maximum absolute atomic E-state index is 6.48. The van der Waals surface area contributed by atoms with Gasteiger partial charge < -0.3 is 18.9 Å². The average molecular weight is 451 g/mol. The van der Waals surface area contributed by atoms with E-state index in [1.54, 1.807) is 0 Å². The van der Waals surface area contributed by atoms with Crippen LogP contribution in [0.5, 0.6) is 0 Å². The van der Waals surface area contributed by atoms with Gasteiger partial charge in [0.15, 0.2) is 6.29 Å². The van der Waals surface area contributed by atoms with Gasteiger partial charge in [0.1, 0.15) is 12.2 Å². The van der Waals surface area contributed by atoms with E-state index in [0.717, 1.165) is 5.56 Å². The molecule has 6 nitrogen and oxygen atoms in total. The number of hydrogen-bond acceptors (Lipinski definition) is 6. The molecule has 6 heteroatoms. The van der Waals surface area contributed by atoms with Gasteiger partial charge in [-0.3, -0.25) is 0 Å². The zero-order valence-corrected chi connectivity index (χ0v) is 21.8. The molecule has 0 radical (unpaired) electrons. The molecule has 1 aliphatic rings. The molecular formula is C26H46N2O4. The highest BCUT2D eigenvalue weighted by Gasteiger charge is 2.43. The number of rotatable bonds is 12. The molecule has 0 saturated carbocycles. The Balaban J connectivity index is 2.20. The molecule has 0 spiro atoms. The van der Waals surface area contributed by atoms with Crippen molar-refractivity contribution < 1.29 is 18.9 Å². The van der Waals surface area contributed by atoms with Gasteiger partial charge in [0.2, 0.25) is 0 Å². The predicted octanol–water partition coefficient (Wildman–Crippen LogP) is 4.81. The zero-order valence-electron chi connectivity index (χ0n) is 21.8. The summed E-state index contributed by atoms with van der Waals surface area (Å²) in [6, 6.07) is 10.1. The number of hydrazine groups is 1. The van der Waals surface area contributed by atoms with E-state index in [9.17, 15) is 0 Å². The monoisotopic (exact) mass is 450 g/mol. The van der Waals surface area contributed by atoms with E-state index in [-0.39, 0.29) is 29.5 Å². The summed E-state index contributed by atoms with van der Waals surface area (Å²) in [4.78, 5) is 0. The molecule has 0 unspecified atom stereocenters. The Morgan fingerprint density at radius 3 is 1.66 bits per heavy atom. The van der Waals surface area contributed by atoms with Gasteiger partial charge in [-0.05, 0) is 45.1 Å². The van der Waals surface area contributed by atoms with Gasteiger partial charge in [-0.15, -0.1) is 0 Å². The largest absolute Gasteiger partial charge is 0.373 e. The maximum Gasteiger partial charge on any atom is 0.179 e. The Kier molecular flexibility index (Phi) is 9.71. The molecule has 0 bridgehead atoms. The number of nitrogens with one attached hydrogen (secondary N) is 1. The van der Waals surface area contributed by atoms with Crippen LogP contribution in [0.15, 0.2) is 30.3 Å². The summed E-state index contributed by atoms with van der Waals surface area (Å²) in [6.45, 7) is 18.1. The van der Waals surface area contributed by atoms with E-state index < -0.39 is 6.29 Å². The van der Waals surface area contributed by atoms with Crippen LogP contribution in [0.4, 0.5) is 0 Å². The number of ether oxygens (including phenoxy) is 4. The Morgan fingerprint density at radius 2 is 1.28 bits per heavy atom. The second kappa shape index (κ2) is 11.4. The van der Waals surface area contributed by atoms with Crippen molar-refractivity contribution in [1.82, 2.24) is 10.4 Å². The van der Waals surface area contributed by atoms with Gasteiger partial charge >= 0.3 is 0 Å². The highest BCUT2D eigenvalue weighted by molar-refractivity contribution is 5.19. The van der Waals surface area contributed by atoms with Gasteiger partial charge in [-0.1, -0.05) is 58.0 Å². The average Bonchev–Trinajstić information content (AvgIpc) is 3.12. The normalized spacial score (nSPS) is 21.8. The molecule has 3 atom stereocenters. The lowest BCUT2D eigenvalue weighted by atomic mass is 9.94. The number of benzene rings is 1. The second-order valence-corrected chi connectivity index (χ2v) is 10.8. The summed E-state index contributed by atoms with van der Waals surface area (Å²) >= 11 is 0. The summed E-state index contributed by atoms with van der Waals surface area (Å²) in [5.41, 5.74) is 4.08. The van der Waals surface area contributed by atoms with Gasteiger partial charge in [-0.25, -0.2) is 10.4 Å². The summed E-state index contributed by atoms with van der Waals surface area (Å²) < 4.78 is 25.6. The number of nitrogens with zero attached hydrogens (tertiary/aromatic N) is 1. The lowest BCUT2D eigenvalue weighted by molar-refractivity contribution is -0.127. The first-order valence-electron chi connectivity index (χ1n) is 11.9. The molecule has 1 heterocycles. The minimum atomic E-state index is -0.452. The Labute approximate surface area is 195 Å². The van der Waals surface area contributed by atoms with E-state index in [1.165, 1.54) is 0 Å². The molecule has 0 aliphatic carbocycles. The minimum absolute atomic E-state index is 0.144. The van der Waals surface area contributed by atoms with Gasteiger partial charge in [0.05, 0.1) is 30.5 Å². The molecule has 1 saturated heterocycles. The lowest BCUT2D eigenvalue weighted by Crippen LogP contribution is -2.41. The fourth-order valence-electron chi connectivity index (χ4n) is 3.16. The van der Waals surface area contributed by atoms with Crippen molar-refractivity contribution in [1.29, 1.82) is 0 Å². The van der Waals surface area contributed by atoms with Gasteiger partial charge in [-0.2, -0.15) is 0 Å². The van der Waals surface area contributed by atoms with Crippen LogP contribution in [0.2, 0.25) is 0 Å². The summed E-state index contributed by atoms with van der Waals surface area (Å²) in [7, 11) is 3.95. The summed E-state index contributed by atoms with van der Waals surface area (Å²) in [6.07, 6.45) is -0.876. The van der Waals surface area contributed by atoms with Crippen molar-refractivity contribution in [2.75, 3.05) is 27.3 Å². The van der Waals surface area contributed by atoms with Crippen LogP contribution in [-0.2, 0) is 18.9 Å². The molecule has 0 aromatic heterocycles. The smallest absolute Gasteiger partial charge is 0.179 e. The first-order valence-corrected chi connectivity index (χ1v) is 11.9. The molecule has 1 aliphatic heterocycles. The van der Waals surface area contributed by atoms with Crippen LogP contribution < -0.4 is 5.43 Å². The third kappa shape index (κ3) is 7.51. The van der Waals surface area contributed by atoms with Crippen LogP contribution >= 0.6 is 0 Å². The van der Waals surface area contributed by atoms with Crippen LogP contribution in [0.25, 0.3) is 0 Å². The zero-order chi connectivity index (χ0) is 24.1. The molecule has 1 aromatic rings. The highest BCUT2D eigenvalue weighted by atomic mass is 16.7. The van der Waals surface area contributed by atoms with Crippen LogP contribution in [-0.4, -0.2) is 62.0 Å². The van der Waals surface area contributed by atoms with E-state index in [0.29, 0.717) is 25.0 Å². The highest BCUT2D eigenvalue weighted by Crippen LogP contribution is 2.32. The van der Waals surface area contributed by atoms with Gasteiger partial charge in [0.25, 0.3) is 0 Å². The Hall–Kier alpha value is -1.02. The molecule has 184 valence electrons. The SMILES string of the molecule is CC(C)C(C)(C)OC[C@@H]1OC([C@@H](NN(C)C)c2ccccc2)O[C@H]1COC(C)(C)C(C)C. The predicted molar refractivity (Wildman–Crippen MR) is 129 cm³/mol. The molecule has 2 rings (SSSR count).